The van der Waals surface area contributed by atoms with Gasteiger partial charge in [0.1, 0.15) is 0 Å². The van der Waals surface area contributed by atoms with Crippen LogP contribution in [-0.4, -0.2) is 59.1 Å². The summed E-state index contributed by atoms with van der Waals surface area (Å²) >= 11 is 0. The number of hydrogen-bond acceptors (Lipinski definition) is 5. The molecule has 0 aromatic heterocycles. The second-order valence-electron chi connectivity index (χ2n) is 5.60. The fourth-order valence-electron chi connectivity index (χ4n) is 2.23. The minimum atomic E-state index is -0.690. The number of nitriles is 2. The molecule has 20 heavy (non-hydrogen) atoms. The molecule has 0 radical (unpaired) electrons. The average molecular weight is 278 g/mol. The van der Waals surface area contributed by atoms with Crippen molar-refractivity contribution in [3.05, 3.63) is 0 Å². The molecule has 0 saturated carbocycles. The third-order valence-corrected chi connectivity index (χ3v) is 3.77. The summed E-state index contributed by atoms with van der Waals surface area (Å²) < 4.78 is 0. The number of hydrogen-bond donors (Lipinski definition) is 1. The van der Waals surface area contributed by atoms with Crippen LogP contribution < -0.4 is 0 Å². The molecular formula is C14H22N4O2. The molecule has 1 saturated heterocycles. The van der Waals surface area contributed by atoms with E-state index >= 15 is 0 Å². The predicted molar refractivity (Wildman–Crippen MR) is 73.3 cm³/mol. The van der Waals surface area contributed by atoms with Crippen molar-refractivity contribution >= 4 is 5.91 Å². The van der Waals surface area contributed by atoms with Gasteiger partial charge in [0.2, 0.25) is 5.91 Å². The van der Waals surface area contributed by atoms with Gasteiger partial charge in [-0.05, 0) is 5.92 Å². The summed E-state index contributed by atoms with van der Waals surface area (Å²) in [6.45, 7) is 5.89. The van der Waals surface area contributed by atoms with Gasteiger partial charge in [0.05, 0.1) is 37.1 Å². The molecule has 0 aromatic rings. The monoisotopic (exact) mass is 278 g/mol. The SMILES string of the molecule is CC(C)C1(O)CN(CC(=O)N(CCC#N)CCC#N)C1. The number of carbonyl (C=O) groups excluding carboxylic acids is 1. The Kier molecular flexibility index (Phi) is 5.94. The van der Waals surface area contributed by atoms with Gasteiger partial charge in [-0.3, -0.25) is 9.69 Å². The predicted octanol–water partition coefficient (Wildman–Crippen LogP) is 0.345. The van der Waals surface area contributed by atoms with E-state index in [4.69, 9.17) is 10.5 Å². The van der Waals surface area contributed by atoms with Crippen molar-refractivity contribution in [3.8, 4) is 12.1 Å². The number of rotatable bonds is 7. The van der Waals surface area contributed by atoms with Crippen LogP contribution in [0.25, 0.3) is 0 Å². The molecule has 1 N–H and O–H groups in total. The van der Waals surface area contributed by atoms with E-state index in [1.54, 1.807) is 4.90 Å². The summed E-state index contributed by atoms with van der Waals surface area (Å²) in [6.07, 6.45) is 0.542. The van der Waals surface area contributed by atoms with E-state index in [2.05, 4.69) is 0 Å². The second kappa shape index (κ2) is 7.23. The lowest BCUT2D eigenvalue weighted by Crippen LogP contribution is -2.65. The van der Waals surface area contributed by atoms with Crippen molar-refractivity contribution in [2.45, 2.75) is 32.3 Å². The van der Waals surface area contributed by atoms with Crippen molar-refractivity contribution in [1.82, 2.24) is 9.80 Å². The summed E-state index contributed by atoms with van der Waals surface area (Å²) in [5.74, 6) is 0.0865. The molecule has 0 aliphatic carbocycles. The van der Waals surface area contributed by atoms with E-state index < -0.39 is 5.60 Å². The van der Waals surface area contributed by atoms with Gasteiger partial charge < -0.3 is 10.0 Å². The zero-order valence-electron chi connectivity index (χ0n) is 12.2. The lowest BCUT2D eigenvalue weighted by molar-refractivity contribution is -0.149. The van der Waals surface area contributed by atoms with Gasteiger partial charge >= 0.3 is 0 Å². The van der Waals surface area contributed by atoms with Crippen molar-refractivity contribution in [2.75, 3.05) is 32.7 Å². The molecule has 0 bridgehead atoms. The molecule has 110 valence electrons. The summed E-state index contributed by atoms with van der Waals surface area (Å²) in [5, 5.41) is 27.3. The minimum Gasteiger partial charge on any atom is -0.387 e. The molecule has 0 unspecified atom stereocenters. The van der Waals surface area contributed by atoms with E-state index in [-0.39, 0.29) is 31.2 Å². The number of carbonyl (C=O) groups is 1. The first kappa shape index (κ1) is 16.4. The van der Waals surface area contributed by atoms with Gasteiger partial charge in [-0.1, -0.05) is 13.8 Å². The van der Waals surface area contributed by atoms with Crippen LogP contribution >= 0.6 is 0 Å². The molecule has 1 aliphatic rings. The van der Waals surface area contributed by atoms with Gasteiger partial charge in [0.15, 0.2) is 0 Å². The largest absolute Gasteiger partial charge is 0.387 e. The highest BCUT2D eigenvalue weighted by molar-refractivity contribution is 5.78. The van der Waals surface area contributed by atoms with Crippen LogP contribution in [0, 0.1) is 28.6 Å². The quantitative estimate of drug-likeness (QED) is 0.725. The first-order valence-electron chi connectivity index (χ1n) is 6.89. The van der Waals surface area contributed by atoms with E-state index in [1.807, 2.05) is 30.9 Å². The van der Waals surface area contributed by atoms with E-state index in [0.29, 0.717) is 26.2 Å². The van der Waals surface area contributed by atoms with Crippen LogP contribution in [0.2, 0.25) is 0 Å². The Labute approximate surface area is 120 Å². The van der Waals surface area contributed by atoms with E-state index in [1.165, 1.54) is 0 Å². The number of β-amino-alcohol motifs (C(OH)–C–C–N with tert-alkyl or cyclic N) is 1. The maximum absolute atomic E-state index is 12.1. The molecule has 1 rings (SSSR count). The van der Waals surface area contributed by atoms with Crippen molar-refractivity contribution < 1.29 is 9.90 Å². The average Bonchev–Trinajstić information content (AvgIpc) is 2.36. The molecule has 6 nitrogen and oxygen atoms in total. The van der Waals surface area contributed by atoms with E-state index in [0.717, 1.165) is 0 Å². The van der Waals surface area contributed by atoms with Crippen LogP contribution in [0.15, 0.2) is 0 Å². The topological polar surface area (TPSA) is 91.4 Å². The maximum atomic E-state index is 12.1. The lowest BCUT2D eigenvalue weighted by atomic mass is 9.83. The molecule has 6 heteroatoms. The fraction of sp³-hybridized carbons (Fsp3) is 0.786. The van der Waals surface area contributed by atoms with Gasteiger partial charge in [-0.25, -0.2) is 0 Å². The zero-order valence-corrected chi connectivity index (χ0v) is 12.2. The first-order valence-corrected chi connectivity index (χ1v) is 6.89. The highest BCUT2D eigenvalue weighted by Crippen LogP contribution is 2.28. The highest BCUT2D eigenvalue weighted by Gasteiger charge is 2.44. The Morgan fingerprint density at radius 1 is 1.30 bits per heavy atom. The Morgan fingerprint density at radius 2 is 1.80 bits per heavy atom. The number of nitrogens with zero attached hydrogens (tertiary/aromatic N) is 4. The molecule has 1 fully saturated rings. The molecule has 1 amide bonds. The summed E-state index contributed by atoms with van der Waals surface area (Å²) in [5.41, 5.74) is -0.690. The Hall–Kier alpha value is -1.63. The van der Waals surface area contributed by atoms with E-state index in [9.17, 15) is 9.90 Å². The number of likely N-dealkylation sites (tertiary alicyclic amines) is 1. The fourth-order valence-corrected chi connectivity index (χ4v) is 2.23. The molecule has 1 aliphatic heterocycles. The standard InChI is InChI=1S/C14H22N4O2/c1-12(2)14(20)10-17(11-14)9-13(19)18(7-3-5-15)8-4-6-16/h12,20H,3-4,7-11H2,1-2H3. The Balaban J connectivity index is 2.43. The summed E-state index contributed by atoms with van der Waals surface area (Å²) in [6, 6.07) is 4.02. The van der Waals surface area contributed by atoms with Gasteiger partial charge in [-0.15, -0.1) is 0 Å². The van der Waals surface area contributed by atoms with Crippen LogP contribution in [0.3, 0.4) is 0 Å². The molecule has 0 aromatic carbocycles. The lowest BCUT2D eigenvalue weighted by Gasteiger charge is -2.49. The molecular weight excluding hydrogens is 256 g/mol. The van der Waals surface area contributed by atoms with Crippen molar-refractivity contribution in [1.29, 1.82) is 10.5 Å². The maximum Gasteiger partial charge on any atom is 0.236 e. The number of aliphatic hydroxyl groups is 1. The Bertz CT molecular complexity index is 398. The minimum absolute atomic E-state index is 0.0821. The smallest absolute Gasteiger partial charge is 0.236 e. The van der Waals surface area contributed by atoms with Gasteiger partial charge in [0.25, 0.3) is 0 Å². The zero-order chi connectivity index (χ0) is 15.2. The van der Waals surface area contributed by atoms with Gasteiger partial charge in [0, 0.05) is 26.2 Å². The first-order chi connectivity index (χ1) is 9.42. The Morgan fingerprint density at radius 3 is 2.20 bits per heavy atom. The molecule has 1 heterocycles. The van der Waals surface area contributed by atoms with Crippen molar-refractivity contribution in [2.24, 2.45) is 5.92 Å². The summed E-state index contributed by atoms with van der Waals surface area (Å²) in [7, 11) is 0. The van der Waals surface area contributed by atoms with Crippen molar-refractivity contribution in [3.63, 3.8) is 0 Å². The van der Waals surface area contributed by atoms with Crippen LogP contribution in [-0.2, 0) is 4.79 Å². The molecule has 0 spiro atoms. The summed E-state index contributed by atoms with van der Waals surface area (Å²) in [4.78, 5) is 15.6. The van der Waals surface area contributed by atoms with Gasteiger partial charge in [-0.2, -0.15) is 10.5 Å². The number of amides is 1. The third-order valence-electron chi connectivity index (χ3n) is 3.77. The van der Waals surface area contributed by atoms with Crippen LogP contribution in [0.4, 0.5) is 0 Å². The van der Waals surface area contributed by atoms with Crippen LogP contribution in [0.1, 0.15) is 26.7 Å². The third kappa shape index (κ3) is 4.19. The molecule has 0 atom stereocenters. The van der Waals surface area contributed by atoms with Crippen LogP contribution in [0.5, 0.6) is 0 Å². The normalized spacial score (nSPS) is 17.1. The second-order valence-corrected chi connectivity index (χ2v) is 5.60. The highest BCUT2D eigenvalue weighted by atomic mass is 16.3.